The molecule has 190 valence electrons. The van der Waals surface area contributed by atoms with Crippen molar-refractivity contribution in [3.05, 3.63) is 25.3 Å². The normalized spacial score (nSPS) is 32.4. The van der Waals surface area contributed by atoms with Crippen molar-refractivity contribution in [3.63, 3.8) is 0 Å². The van der Waals surface area contributed by atoms with Gasteiger partial charge in [-0.2, -0.15) is 0 Å². The van der Waals surface area contributed by atoms with Crippen LogP contribution in [0.25, 0.3) is 0 Å². The Bertz CT molecular complexity index is 831. The zero-order chi connectivity index (χ0) is 25.3. The third kappa shape index (κ3) is 4.11. The molecule has 3 amide bonds. The zero-order valence-electron chi connectivity index (χ0n) is 21.2. The fraction of sp³-hybridized carbons (Fsp3) is 0.731. The SMILES string of the molecule is C=CCN(C)C(=O)[C@H]1[C@H]2C(=O)N([C@@H](CC)CO)C(C(=O)N(CC=C)CCCC)C23CC[C@]1(C)S3. The Kier molecular flexibility index (Phi) is 8.23. The minimum Gasteiger partial charge on any atom is -0.394 e. The summed E-state index contributed by atoms with van der Waals surface area (Å²) >= 11 is 1.67. The average molecular weight is 492 g/mol. The number of aliphatic hydroxyl groups excluding tert-OH is 1. The van der Waals surface area contributed by atoms with Gasteiger partial charge in [-0.3, -0.25) is 14.4 Å². The van der Waals surface area contributed by atoms with Crippen molar-refractivity contribution in [3.8, 4) is 0 Å². The first-order valence-electron chi connectivity index (χ1n) is 12.6. The number of likely N-dealkylation sites (N-methyl/N-ethyl adjacent to an activating group) is 1. The molecule has 1 N–H and O–H groups in total. The molecule has 3 aliphatic heterocycles. The molecule has 0 aromatic heterocycles. The van der Waals surface area contributed by atoms with Gasteiger partial charge in [0.1, 0.15) is 6.04 Å². The van der Waals surface area contributed by atoms with Crippen molar-refractivity contribution in [1.29, 1.82) is 0 Å². The van der Waals surface area contributed by atoms with Gasteiger partial charge in [-0.25, -0.2) is 0 Å². The standard InChI is InChI=1S/C26H41N3O4S/c1-7-11-16-28(15-9-3)24(33)21-26-13-12-25(5,34-26)19(22(31)27(6)14-8-2)20(26)23(32)29(21)18(10-4)17-30/h8-9,18-21,30H,2-3,7,10-17H2,1,4-6H3/t18-,19+,20-,21?,25-,26?/m0/s1. The molecule has 0 radical (unpaired) electrons. The van der Waals surface area contributed by atoms with Gasteiger partial charge in [0.25, 0.3) is 0 Å². The predicted molar refractivity (Wildman–Crippen MR) is 136 cm³/mol. The Morgan fingerprint density at radius 3 is 2.47 bits per heavy atom. The van der Waals surface area contributed by atoms with Gasteiger partial charge in [-0.15, -0.1) is 24.9 Å². The van der Waals surface area contributed by atoms with E-state index in [1.807, 2.05) is 6.92 Å². The van der Waals surface area contributed by atoms with Gasteiger partial charge in [0.2, 0.25) is 17.7 Å². The molecule has 0 aromatic rings. The van der Waals surface area contributed by atoms with Gasteiger partial charge in [-0.05, 0) is 32.6 Å². The van der Waals surface area contributed by atoms with E-state index in [4.69, 9.17) is 0 Å². The van der Waals surface area contributed by atoms with Gasteiger partial charge >= 0.3 is 0 Å². The summed E-state index contributed by atoms with van der Waals surface area (Å²) in [4.78, 5) is 47.0. The second kappa shape index (κ2) is 10.4. The molecule has 3 saturated heterocycles. The maximum atomic E-state index is 14.2. The highest BCUT2D eigenvalue weighted by Crippen LogP contribution is 2.71. The van der Waals surface area contributed by atoms with Gasteiger partial charge in [-0.1, -0.05) is 32.4 Å². The van der Waals surface area contributed by atoms with Crippen LogP contribution in [0.4, 0.5) is 0 Å². The van der Waals surface area contributed by atoms with Crippen LogP contribution in [0, 0.1) is 11.8 Å². The van der Waals surface area contributed by atoms with Crippen LogP contribution in [-0.4, -0.2) is 92.4 Å². The molecule has 1 spiro atoms. The van der Waals surface area contributed by atoms with Gasteiger partial charge in [0.05, 0.1) is 29.2 Å². The Hall–Kier alpha value is -1.80. The summed E-state index contributed by atoms with van der Waals surface area (Å²) in [6.07, 6.45) is 7.27. The molecule has 0 saturated carbocycles. The number of likely N-dealkylation sites (tertiary alicyclic amines) is 1. The van der Waals surface area contributed by atoms with Crippen molar-refractivity contribution in [2.75, 3.05) is 33.3 Å². The Morgan fingerprint density at radius 1 is 1.24 bits per heavy atom. The summed E-state index contributed by atoms with van der Waals surface area (Å²) in [5, 5.41) is 10.2. The number of thioether (sulfide) groups is 1. The molecule has 6 atom stereocenters. The topological polar surface area (TPSA) is 81.2 Å². The highest BCUT2D eigenvalue weighted by Gasteiger charge is 2.77. The van der Waals surface area contributed by atoms with Crippen LogP contribution >= 0.6 is 11.8 Å². The lowest BCUT2D eigenvalue weighted by molar-refractivity contribution is -0.147. The molecule has 8 heteroatoms. The van der Waals surface area contributed by atoms with E-state index in [0.717, 1.165) is 19.3 Å². The zero-order valence-corrected chi connectivity index (χ0v) is 22.0. The van der Waals surface area contributed by atoms with Crippen molar-refractivity contribution >= 4 is 29.5 Å². The fourth-order valence-electron chi connectivity index (χ4n) is 6.32. The van der Waals surface area contributed by atoms with Crippen LogP contribution < -0.4 is 0 Å². The van der Waals surface area contributed by atoms with Crippen LogP contribution in [0.1, 0.15) is 52.9 Å². The second-order valence-corrected chi connectivity index (χ2v) is 12.0. The highest BCUT2D eigenvalue weighted by atomic mass is 32.2. The first-order chi connectivity index (χ1) is 16.2. The number of amides is 3. The van der Waals surface area contributed by atoms with E-state index >= 15 is 0 Å². The maximum Gasteiger partial charge on any atom is 0.247 e. The predicted octanol–water partition coefficient (Wildman–Crippen LogP) is 2.70. The number of nitrogens with zero attached hydrogens (tertiary/aromatic N) is 3. The van der Waals surface area contributed by atoms with E-state index in [1.165, 1.54) is 0 Å². The number of carbonyl (C=O) groups excluding carboxylic acids is 3. The van der Waals surface area contributed by atoms with E-state index in [2.05, 4.69) is 27.0 Å². The second-order valence-electron chi connectivity index (χ2n) is 10.2. The third-order valence-corrected chi connectivity index (χ3v) is 10.00. The van der Waals surface area contributed by atoms with Crippen LogP contribution in [0.3, 0.4) is 0 Å². The summed E-state index contributed by atoms with van der Waals surface area (Å²) in [7, 11) is 1.75. The third-order valence-electron chi connectivity index (χ3n) is 8.01. The molecule has 2 bridgehead atoms. The lowest BCUT2D eigenvalue weighted by Gasteiger charge is -2.39. The smallest absolute Gasteiger partial charge is 0.247 e. The summed E-state index contributed by atoms with van der Waals surface area (Å²) < 4.78 is -1.06. The van der Waals surface area contributed by atoms with Crippen molar-refractivity contribution < 1.29 is 19.5 Å². The van der Waals surface area contributed by atoms with Crippen LogP contribution in [0.15, 0.2) is 25.3 Å². The van der Waals surface area contributed by atoms with Crippen molar-refractivity contribution in [2.24, 2.45) is 11.8 Å². The number of carbonyl (C=O) groups is 3. The quantitative estimate of drug-likeness (QED) is 0.425. The molecule has 2 unspecified atom stereocenters. The number of aliphatic hydroxyl groups is 1. The van der Waals surface area contributed by atoms with Gasteiger partial charge in [0, 0.05) is 31.4 Å². The van der Waals surface area contributed by atoms with Gasteiger partial charge in [0.15, 0.2) is 0 Å². The first kappa shape index (κ1) is 26.8. The van der Waals surface area contributed by atoms with E-state index in [0.29, 0.717) is 32.5 Å². The molecule has 3 aliphatic rings. The Morgan fingerprint density at radius 2 is 1.91 bits per heavy atom. The Balaban J connectivity index is 2.10. The fourth-order valence-corrected chi connectivity index (χ4v) is 8.65. The molecule has 7 nitrogen and oxygen atoms in total. The van der Waals surface area contributed by atoms with Crippen LogP contribution in [-0.2, 0) is 14.4 Å². The number of hydrogen-bond donors (Lipinski definition) is 1. The molecule has 0 aromatic carbocycles. The molecular weight excluding hydrogens is 450 g/mol. The monoisotopic (exact) mass is 491 g/mol. The minimum atomic E-state index is -0.687. The lowest BCUT2D eigenvalue weighted by atomic mass is 9.66. The summed E-state index contributed by atoms with van der Waals surface area (Å²) in [5.41, 5.74) is 0. The molecule has 3 rings (SSSR count). The van der Waals surface area contributed by atoms with Crippen LogP contribution in [0.5, 0.6) is 0 Å². The first-order valence-corrected chi connectivity index (χ1v) is 13.4. The summed E-state index contributed by atoms with van der Waals surface area (Å²) in [5.74, 6) is -1.37. The average Bonchev–Trinajstić information content (AvgIpc) is 3.38. The summed E-state index contributed by atoms with van der Waals surface area (Å²) in [6, 6.07) is -1.14. The largest absolute Gasteiger partial charge is 0.394 e. The maximum absolute atomic E-state index is 14.2. The summed E-state index contributed by atoms with van der Waals surface area (Å²) in [6.45, 7) is 14.9. The van der Waals surface area contributed by atoms with Crippen LogP contribution in [0.2, 0.25) is 0 Å². The number of rotatable bonds is 12. The Labute approximate surface area is 208 Å². The van der Waals surface area contributed by atoms with Gasteiger partial charge < -0.3 is 19.8 Å². The van der Waals surface area contributed by atoms with E-state index in [-0.39, 0.29) is 24.3 Å². The highest BCUT2D eigenvalue weighted by molar-refractivity contribution is 8.02. The van der Waals surface area contributed by atoms with Crippen molar-refractivity contribution in [2.45, 2.75) is 74.5 Å². The number of hydrogen-bond acceptors (Lipinski definition) is 5. The van der Waals surface area contributed by atoms with E-state index < -0.39 is 33.4 Å². The molecule has 3 heterocycles. The molecule has 3 fully saturated rings. The molecule has 0 aliphatic carbocycles. The van der Waals surface area contributed by atoms with E-state index in [1.54, 1.807) is 45.7 Å². The molecule has 34 heavy (non-hydrogen) atoms. The van der Waals surface area contributed by atoms with Crippen molar-refractivity contribution in [1.82, 2.24) is 14.7 Å². The molecular formula is C26H41N3O4S. The number of fused-ring (bicyclic) bond motifs is 1. The minimum absolute atomic E-state index is 0.0612. The number of unbranched alkanes of at least 4 members (excludes halogenated alkanes) is 1. The van der Waals surface area contributed by atoms with E-state index in [9.17, 15) is 19.5 Å². The lowest BCUT2D eigenvalue weighted by Crippen LogP contribution is -2.57.